The second kappa shape index (κ2) is 4.99. The van der Waals surface area contributed by atoms with Crippen LogP contribution in [0.15, 0.2) is 36.4 Å². The lowest BCUT2D eigenvalue weighted by molar-refractivity contribution is 0.0706. The molecule has 5 nitrogen and oxygen atoms in total. The van der Waals surface area contributed by atoms with Gasteiger partial charge in [-0.15, -0.1) is 0 Å². The van der Waals surface area contributed by atoms with Gasteiger partial charge in [0.05, 0.1) is 11.0 Å². The van der Waals surface area contributed by atoms with Gasteiger partial charge in [-0.1, -0.05) is 0 Å². The first-order valence-corrected chi connectivity index (χ1v) is 6.29. The highest BCUT2D eigenvalue weighted by atomic mass is 19.1. The van der Waals surface area contributed by atoms with Crippen molar-refractivity contribution in [3.8, 4) is 11.4 Å². The second-order valence-electron chi connectivity index (χ2n) is 4.72. The lowest BCUT2D eigenvalue weighted by Crippen LogP contribution is -2.18. The lowest BCUT2D eigenvalue weighted by atomic mass is 10.1. The zero-order valence-electron chi connectivity index (χ0n) is 11.1. The van der Waals surface area contributed by atoms with Crippen LogP contribution in [0.5, 0.6) is 0 Å². The van der Waals surface area contributed by atoms with Crippen LogP contribution in [0, 0.1) is 12.7 Å². The number of benzene rings is 2. The van der Waals surface area contributed by atoms with E-state index in [4.69, 9.17) is 5.21 Å². The third-order valence-corrected chi connectivity index (χ3v) is 3.28. The molecule has 3 N–H and O–H groups in total. The van der Waals surface area contributed by atoms with E-state index in [1.54, 1.807) is 42.7 Å². The Balaban J connectivity index is 2.08. The van der Waals surface area contributed by atoms with Gasteiger partial charge in [0.25, 0.3) is 5.91 Å². The number of halogens is 1. The fourth-order valence-electron chi connectivity index (χ4n) is 2.14. The van der Waals surface area contributed by atoms with Crippen molar-refractivity contribution >= 4 is 16.9 Å². The van der Waals surface area contributed by atoms with E-state index in [9.17, 15) is 9.18 Å². The van der Waals surface area contributed by atoms with Gasteiger partial charge in [-0.3, -0.25) is 10.0 Å². The van der Waals surface area contributed by atoms with Gasteiger partial charge in [0.2, 0.25) is 0 Å². The number of hydroxylamine groups is 1. The number of hydrogen-bond donors (Lipinski definition) is 3. The Hall–Kier alpha value is -2.73. The molecule has 0 saturated heterocycles. The van der Waals surface area contributed by atoms with Gasteiger partial charge in [0.15, 0.2) is 0 Å². The van der Waals surface area contributed by atoms with Crippen molar-refractivity contribution in [2.75, 3.05) is 0 Å². The summed E-state index contributed by atoms with van der Waals surface area (Å²) in [7, 11) is 0. The predicted octanol–water partition coefficient (Wildman–Crippen LogP) is 2.80. The third kappa shape index (κ3) is 2.36. The van der Waals surface area contributed by atoms with Crippen LogP contribution in [0.3, 0.4) is 0 Å². The predicted molar refractivity (Wildman–Crippen MR) is 75.5 cm³/mol. The minimum atomic E-state index is -0.592. The number of fused-ring (bicyclic) bond motifs is 1. The molecule has 0 unspecified atom stereocenters. The van der Waals surface area contributed by atoms with Crippen LogP contribution in [0.25, 0.3) is 22.4 Å². The van der Waals surface area contributed by atoms with Gasteiger partial charge >= 0.3 is 0 Å². The molecular weight excluding hydrogens is 273 g/mol. The molecule has 0 aliphatic carbocycles. The number of carbonyl (C=O) groups excluding carboxylic acids is 1. The van der Waals surface area contributed by atoms with E-state index < -0.39 is 5.91 Å². The van der Waals surface area contributed by atoms with Crippen LogP contribution < -0.4 is 5.48 Å². The summed E-state index contributed by atoms with van der Waals surface area (Å²) in [6.45, 7) is 1.69. The van der Waals surface area contributed by atoms with Gasteiger partial charge in [-0.2, -0.15) is 0 Å². The number of H-pyrrole nitrogens is 1. The summed E-state index contributed by atoms with van der Waals surface area (Å²) < 4.78 is 13.3. The third-order valence-electron chi connectivity index (χ3n) is 3.28. The molecule has 0 bridgehead atoms. The Morgan fingerprint density at radius 3 is 2.81 bits per heavy atom. The molecular formula is C15H12FN3O2. The summed E-state index contributed by atoms with van der Waals surface area (Å²) in [5.74, 6) is -0.267. The largest absolute Gasteiger partial charge is 0.338 e. The number of carbonyl (C=O) groups is 1. The molecule has 0 fully saturated rings. The second-order valence-corrected chi connectivity index (χ2v) is 4.72. The quantitative estimate of drug-likeness (QED) is 0.500. The maximum atomic E-state index is 13.3. The number of hydrogen-bond acceptors (Lipinski definition) is 3. The van der Waals surface area contributed by atoms with E-state index in [1.807, 2.05) is 0 Å². The molecule has 106 valence electrons. The van der Waals surface area contributed by atoms with Crippen LogP contribution >= 0.6 is 0 Å². The van der Waals surface area contributed by atoms with Crippen LogP contribution in [0.2, 0.25) is 0 Å². The maximum absolute atomic E-state index is 13.3. The number of nitrogens with zero attached hydrogens (tertiary/aromatic N) is 1. The highest BCUT2D eigenvalue weighted by Crippen LogP contribution is 2.23. The molecule has 0 radical (unpaired) electrons. The topological polar surface area (TPSA) is 78.0 Å². The zero-order valence-corrected chi connectivity index (χ0v) is 11.1. The van der Waals surface area contributed by atoms with E-state index in [2.05, 4.69) is 9.97 Å². The fourth-order valence-corrected chi connectivity index (χ4v) is 2.14. The molecule has 3 aromatic rings. The number of aromatic nitrogens is 2. The van der Waals surface area contributed by atoms with Crippen molar-refractivity contribution in [2.45, 2.75) is 6.92 Å². The summed E-state index contributed by atoms with van der Waals surface area (Å²) in [6.07, 6.45) is 0. The van der Waals surface area contributed by atoms with Crippen LogP contribution in [-0.4, -0.2) is 21.1 Å². The smallest absolute Gasteiger partial charge is 0.274 e. The van der Waals surface area contributed by atoms with E-state index in [0.717, 1.165) is 5.56 Å². The SMILES string of the molecule is Cc1cc(-c2nc3ccc(C(=O)NO)cc3[nH]2)ccc1F. The van der Waals surface area contributed by atoms with Gasteiger partial charge in [0.1, 0.15) is 11.6 Å². The van der Waals surface area contributed by atoms with Crippen molar-refractivity contribution in [3.05, 3.63) is 53.3 Å². The summed E-state index contributed by atoms with van der Waals surface area (Å²) in [5.41, 5.74) is 4.54. The zero-order chi connectivity index (χ0) is 15.0. The first kappa shape index (κ1) is 13.3. The molecule has 1 aromatic heterocycles. The van der Waals surface area contributed by atoms with Crippen molar-refractivity contribution < 1.29 is 14.4 Å². The van der Waals surface area contributed by atoms with Crippen LogP contribution in [0.4, 0.5) is 4.39 Å². The number of rotatable bonds is 2. The summed E-state index contributed by atoms with van der Waals surface area (Å²) in [6, 6.07) is 9.57. The number of aryl methyl sites for hydroxylation is 1. The minimum absolute atomic E-state index is 0.267. The molecule has 2 aromatic carbocycles. The Kier molecular flexibility index (Phi) is 3.15. The molecule has 6 heteroatoms. The lowest BCUT2D eigenvalue weighted by Gasteiger charge is -1.99. The molecule has 1 amide bonds. The Labute approximate surface area is 119 Å². The average Bonchev–Trinajstić information content (AvgIpc) is 2.92. The van der Waals surface area contributed by atoms with Crippen molar-refractivity contribution in [1.29, 1.82) is 0 Å². The van der Waals surface area contributed by atoms with E-state index in [0.29, 0.717) is 28.0 Å². The number of amides is 1. The number of nitrogens with one attached hydrogen (secondary N) is 2. The molecule has 0 spiro atoms. The fraction of sp³-hybridized carbons (Fsp3) is 0.0667. The highest BCUT2D eigenvalue weighted by molar-refractivity contribution is 5.97. The Morgan fingerprint density at radius 2 is 2.10 bits per heavy atom. The van der Waals surface area contributed by atoms with Crippen molar-refractivity contribution in [3.63, 3.8) is 0 Å². The van der Waals surface area contributed by atoms with E-state index in [-0.39, 0.29) is 5.82 Å². The summed E-state index contributed by atoms with van der Waals surface area (Å²) in [5, 5.41) is 8.64. The van der Waals surface area contributed by atoms with Crippen LogP contribution in [-0.2, 0) is 0 Å². The van der Waals surface area contributed by atoms with Gasteiger partial charge in [0, 0.05) is 11.1 Å². The molecule has 1 heterocycles. The molecule has 0 aliphatic rings. The standard InChI is InChI=1S/C15H12FN3O2/c1-8-6-9(2-4-11(8)16)14-17-12-5-3-10(15(20)19-21)7-13(12)18-14/h2-7,21H,1H3,(H,17,18)(H,19,20). The normalized spacial score (nSPS) is 10.8. The van der Waals surface area contributed by atoms with Crippen LogP contribution in [0.1, 0.15) is 15.9 Å². The first-order valence-electron chi connectivity index (χ1n) is 6.29. The molecule has 0 aliphatic heterocycles. The first-order chi connectivity index (χ1) is 10.1. The number of aromatic amines is 1. The molecule has 0 saturated carbocycles. The maximum Gasteiger partial charge on any atom is 0.274 e. The Morgan fingerprint density at radius 1 is 1.29 bits per heavy atom. The summed E-state index contributed by atoms with van der Waals surface area (Å²) >= 11 is 0. The van der Waals surface area contributed by atoms with Crippen molar-refractivity contribution in [1.82, 2.24) is 15.4 Å². The van der Waals surface area contributed by atoms with E-state index >= 15 is 0 Å². The van der Waals surface area contributed by atoms with Gasteiger partial charge in [-0.25, -0.2) is 14.9 Å². The monoisotopic (exact) mass is 285 g/mol. The highest BCUT2D eigenvalue weighted by Gasteiger charge is 2.10. The average molecular weight is 285 g/mol. The minimum Gasteiger partial charge on any atom is -0.338 e. The van der Waals surface area contributed by atoms with Gasteiger partial charge < -0.3 is 4.98 Å². The van der Waals surface area contributed by atoms with Gasteiger partial charge in [-0.05, 0) is 48.9 Å². The van der Waals surface area contributed by atoms with Crippen molar-refractivity contribution in [2.24, 2.45) is 0 Å². The summed E-state index contributed by atoms with van der Waals surface area (Å²) in [4.78, 5) is 18.9. The van der Waals surface area contributed by atoms with E-state index in [1.165, 1.54) is 6.07 Å². The molecule has 3 rings (SSSR count). The number of imidazole rings is 1. The Bertz CT molecular complexity index is 842. The molecule has 0 atom stereocenters. The molecule has 21 heavy (non-hydrogen) atoms.